The molecule has 1 unspecified atom stereocenters. The maximum atomic E-state index is 5.69. The molecule has 1 saturated heterocycles. The van der Waals surface area contributed by atoms with E-state index in [0.29, 0.717) is 12.5 Å². The number of hydrogen-bond donors (Lipinski definition) is 1. The molecule has 1 heterocycles. The minimum absolute atomic E-state index is 0.697. The lowest BCUT2D eigenvalue weighted by atomic mass is 10.1. The van der Waals surface area contributed by atoms with Gasteiger partial charge in [0.1, 0.15) is 18.1 Å². The van der Waals surface area contributed by atoms with Crippen LogP contribution in [0.15, 0.2) is 24.3 Å². The number of nitrogens with zero attached hydrogens (tertiary/aromatic N) is 1. The Morgan fingerprint density at radius 3 is 2.48 bits per heavy atom. The second-order valence-electron chi connectivity index (χ2n) is 5.84. The van der Waals surface area contributed by atoms with E-state index in [1.165, 1.54) is 32.5 Å². The van der Waals surface area contributed by atoms with Gasteiger partial charge in [-0.05, 0) is 62.7 Å². The Bertz CT molecular complexity index is 388. The van der Waals surface area contributed by atoms with E-state index in [9.17, 15) is 0 Å². The van der Waals surface area contributed by atoms with E-state index in [4.69, 9.17) is 9.47 Å². The molecule has 118 valence electrons. The van der Waals surface area contributed by atoms with Crippen molar-refractivity contribution in [3.05, 3.63) is 24.3 Å². The number of hydrogen-bond acceptors (Lipinski definition) is 4. The molecule has 1 aliphatic rings. The molecule has 1 aliphatic heterocycles. The molecule has 0 aromatic heterocycles. The van der Waals surface area contributed by atoms with Crippen LogP contribution < -0.4 is 14.8 Å². The van der Waals surface area contributed by atoms with Crippen LogP contribution in [0.25, 0.3) is 0 Å². The van der Waals surface area contributed by atoms with Crippen LogP contribution in [0.2, 0.25) is 0 Å². The van der Waals surface area contributed by atoms with Gasteiger partial charge >= 0.3 is 0 Å². The number of ether oxygens (including phenoxy) is 2. The van der Waals surface area contributed by atoms with Gasteiger partial charge in [0.2, 0.25) is 0 Å². The quantitative estimate of drug-likeness (QED) is 0.709. The minimum Gasteiger partial charge on any atom is -0.497 e. The van der Waals surface area contributed by atoms with Crippen molar-refractivity contribution < 1.29 is 9.47 Å². The van der Waals surface area contributed by atoms with Gasteiger partial charge in [-0.1, -0.05) is 6.92 Å². The fourth-order valence-electron chi connectivity index (χ4n) is 2.73. The van der Waals surface area contributed by atoms with Crippen molar-refractivity contribution in [1.82, 2.24) is 10.2 Å². The Labute approximate surface area is 128 Å². The molecule has 1 atom stereocenters. The molecule has 0 radical (unpaired) electrons. The van der Waals surface area contributed by atoms with Crippen LogP contribution >= 0.6 is 0 Å². The summed E-state index contributed by atoms with van der Waals surface area (Å²) < 4.78 is 10.8. The summed E-state index contributed by atoms with van der Waals surface area (Å²) in [4.78, 5) is 2.57. The van der Waals surface area contributed by atoms with Crippen molar-refractivity contribution in [3.8, 4) is 11.5 Å². The molecule has 0 amide bonds. The Kier molecular flexibility index (Phi) is 6.83. The second kappa shape index (κ2) is 8.90. The summed E-state index contributed by atoms with van der Waals surface area (Å²) in [5, 5.41) is 3.48. The second-order valence-corrected chi connectivity index (χ2v) is 5.84. The third-order valence-electron chi connectivity index (χ3n) is 3.87. The van der Waals surface area contributed by atoms with Gasteiger partial charge in [-0.3, -0.25) is 0 Å². The highest BCUT2D eigenvalue weighted by Crippen LogP contribution is 2.16. The molecule has 0 spiro atoms. The molecule has 0 saturated carbocycles. The van der Waals surface area contributed by atoms with Crippen molar-refractivity contribution in [2.24, 2.45) is 5.92 Å². The first kappa shape index (κ1) is 16.1. The van der Waals surface area contributed by atoms with E-state index < -0.39 is 0 Å². The van der Waals surface area contributed by atoms with Crippen molar-refractivity contribution in [1.29, 1.82) is 0 Å². The zero-order chi connectivity index (χ0) is 14.9. The normalized spacial score (nSPS) is 16.9. The van der Waals surface area contributed by atoms with Gasteiger partial charge in [-0.25, -0.2) is 0 Å². The molecular formula is C17H28N2O2. The van der Waals surface area contributed by atoms with Crippen LogP contribution in [-0.2, 0) is 0 Å². The van der Waals surface area contributed by atoms with Crippen molar-refractivity contribution in [3.63, 3.8) is 0 Å². The zero-order valence-electron chi connectivity index (χ0n) is 13.3. The van der Waals surface area contributed by atoms with E-state index in [1.807, 2.05) is 24.3 Å². The summed E-state index contributed by atoms with van der Waals surface area (Å²) in [6.45, 7) is 8.74. The Morgan fingerprint density at radius 2 is 1.81 bits per heavy atom. The van der Waals surface area contributed by atoms with Crippen LogP contribution in [-0.4, -0.2) is 51.3 Å². The largest absolute Gasteiger partial charge is 0.497 e. The molecule has 21 heavy (non-hydrogen) atoms. The Hall–Kier alpha value is -1.26. The highest BCUT2D eigenvalue weighted by Gasteiger charge is 2.14. The smallest absolute Gasteiger partial charge is 0.119 e. The SMILES string of the molecule is COc1ccc(OCCNCC(C)CN2CCCC2)cc1. The van der Waals surface area contributed by atoms with Crippen molar-refractivity contribution in [2.75, 3.05) is 46.4 Å². The van der Waals surface area contributed by atoms with Crippen LogP contribution in [0.1, 0.15) is 19.8 Å². The molecule has 0 bridgehead atoms. The third kappa shape index (κ3) is 5.94. The average Bonchev–Trinajstić information content (AvgIpc) is 3.00. The van der Waals surface area contributed by atoms with E-state index >= 15 is 0 Å². The highest BCUT2D eigenvalue weighted by molar-refractivity contribution is 5.31. The number of likely N-dealkylation sites (tertiary alicyclic amines) is 1. The van der Waals surface area contributed by atoms with Gasteiger partial charge in [-0.2, -0.15) is 0 Å². The average molecular weight is 292 g/mol. The van der Waals surface area contributed by atoms with E-state index in [-0.39, 0.29) is 0 Å². The van der Waals surface area contributed by atoms with Gasteiger partial charge in [0, 0.05) is 13.1 Å². The summed E-state index contributed by atoms with van der Waals surface area (Å²) in [5.41, 5.74) is 0. The fourth-order valence-corrected chi connectivity index (χ4v) is 2.73. The first-order chi connectivity index (χ1) is 10.3. The monoisotopic (exact) mass is 292 g/mol. The summed E-state index contributed by atoms with van der Waals surface area (Å²) in [5.74, 6) is 2.45. The predicted octanol–water partition coefficient (Wildman–Crippen LogP) is 2.40. The Balaban J connectivity index is 1.52. The molecule has 1 aromatic carbocycles. The lowest BCUT2D eigenvalue weighted by Crippen LogP contribution is -2.33. The van der Waals surface area contributed by atoms with Gasteiger partial charge in [0.25, 0.3) is 0 Å². The van der Waals surface area contributed by atoms with Crippen molar-refractivity contribution >= 4 is 0 Å². The predicted molar refractivity (Wildman–Crippen MR) is 86.2 cm³/mol. The molecule has 0 aliphatic carbocycles. The fraction of sp³-hybridized carbons (Fsp3) is 0.647. The number of methoxy groups -OCH3 is 1. The number of benzene rings is 1. The van der Waals surface area contributed by atoms with Crippen molar-refractivity contribution in [2.45, 2.75) is 19.8 Å². The molecule has 4 nitrogen and oxygen atoms in total. The van der Waals surface area contributed by atoms with Gasteiger partial charge in [0.05, 0.1) is 7.11 Å². The van der Waals surface area contributed by atoms with Crippen LogP contribution in [0.4, 0.5) is 0 Å². The lowest BCUT2D eigenvalue weighted by Gasteiger charge is -2.20. The van der Waals surface area contributed by atoms with Crippen LogP contribution in [0.5, 0.6) is 11.5 Å². The zero-order valence-corrected chi connectivity index (χ0v) is 13.3. The first-order valence-electron chi connectivity index (χ1n) is 7.98. The van der Waals surface area contributed by atoms with Crippen LogP contribution in [0.3, 0.4) is 0 Å². The maximum Gasteiger partial charge on any atom is 0.119 e. The number of nitrogens with one attached hydrogen (secondary N) is 1. The highest BCUT2D eigenvalue weighted by atomic mass is 16.5. The van der Waals surface area contributed by atoms with Gasteiger partial charge < -0.3 is 19.7 Å². The summed E-state index contributed by atoms with van der Waals surface area (Å²) in [6, 6.07) is 7.71. The Morgan fingerprint density at radius 1 is 1.14 bits per heavy atom. The summed E-state index contributed by atoms with van der Waals surface area (Å²) in [7, 11) is 1.67. The van der Waals surface area contributed by atoms with Crippen LogP contribution in [0, 0.1) is 5.92 Å². The molecule has 4 heteroatoms. The van der Waals surface area contributed by atoms with E-state index in [2.05, 4.69) is 17.1 Å². The van der Waals surface area contributed by atoms with Gasteiger partial charge in [-0.15, -0.1) is 0 Å². The third-order valence-corrected chi connectivity index (χ3v) is 3.87. The molecular weight excluding hydrogens is 264 g/mol. The minimum atomic E-state index is 0.697. The summed E-state index contributed by atoms with van der Waals surface area (Å²) >= 11 is 0. The first-order valence-corrected chi connectivity index (χ1v) is 7.98. The number of rotatable bonds is 9. The lowest BCUT2D eigenvalue weighted by molar-refractivity contribution is 0.272. The topological polar surface area (TPSA) is 33.7 Å². The molecule has 1 aromatic rings. The van der Waals surface area contributed by atoms with E-state index in [0.717, 1.165) is 24.6 Å². The molecule has 1 fully saturated rings. The molecule has 2 rings (SSSR count). The van der Waals surface area contributed by atoms with E-state index in [1.54, 1.807) is 7.11 Å². The summed E-state index contributed by atoms with van der Waals surface area (Å²) in [6.07, 6.45) is 2.74. The molecule has 1 N–H and O–H groups in total. The standard InChI is InChI=1S/C17H28N2O2/c1-15(14-19-10-3-4-11-19)13-18-9-12-21-17-7-5-16(20-2)6-8-17/h5-8,15,18H,3-4,9-14H2,1-2H3. The van der Waals surface area contributed by atoms with Gasteiger partial charge in [0.15, 0.2) is 0 Å². The maximum absolute atomic E-state index is 5.69.